The van der Waals surface area contributed by atoms with Crippen molar-refractivity contribution in [2.75, 3.05) is 6.61 Å². The number of carbonyl (C=O) groups excluding carboxylic acids is 2. The van der Waals surface area contributed by atoms with Gasteiger partial charge in [0, 0.05) is 0 Å². The van der Waals surface area contributed by atoms with Crippen LogP contribution in [0.1, 0.15) is 38.5 Å². The van der Waals surface area contributed by atoms with Gasteiger partial charge in [-0.2, -0.15) is 26.3 Å². The zero-order valence-electron chi connectivity index (χ0n) is 12.5. The summed E-state index contributed by atoms with van der Waals surface area (Å²) >= 11 is 0. The summed E-state index contributed by atoms with van der Waals surface area (Å²) in [6, 6.07) is 0. The van der Waals surface area contributed by atoms with Gasteiger partial charge < -0.3 is 20.9 Å². The van der Waals surface area contributed by atoms with Gasteiger partial charge in [-0.1, -0.05) is 0 Å². The van der Waals surface area contributed by atoms with Crippen molar-refractivity contribution in [1.29, 1.82) is 0 Å². The summed E-state index contributed by atoms with van der Waals surface area (Å²) < 4.78 is 84.3. The number of unbranched alkanes of at least 4 members (excludes halogenated alkanes) is 2. The second kappa shape index (κ2) is 8.83. The van der Waals surface area contributed by atoms with Gasteiger partial charge in [-0.05, 0) is 25.7 Å². The zero-order chi connectivity index (χ0) is 19.0. The molecule has 0 aliphatic rings. The van der Waals surface area contributed by atoms with Gasteiger partial charge in [0.15, 0.2) is 0 Å². The highest BCUT2D eigenvalue weighted by Gasteiger charge is 2.51. The molecule has 4 N–H and O–H groups in total. The van der Waals surface area contributed by atoms with E-state index in [1.165, 1.54) is 0 Å². The number of primary amides is 2. The minimum Gasteiger partial charge on any atom is -0.450 e. The number of amides is 2. The van der Waals surface area contributed by atoms with Crippen LogP contribution < -0.4 is 11.5 Å². The molecular formula is C12H18F6N2O4. The van der Waals surface area contributed by atoms with Crippen LogP contribution in [0.15, 0.2) is 0 Å². The fraction of sp³-hybridized carbons (Fsp3) is 0.833. The topological polar surface area (TPSA) is 105 Å². The molecule has 0 aliphatic carbocycles. The van der Waals surface area contributed by atoms with Crippen LogP contribution in [0.2, 0.25) is 0 Å². The molecule has 0 saturated carbocycles. The lowest BCUT2D eigenvalue weighted by Crippen LogP contribution is -2.44. The summed E-state index contributed by atoms with van der Waals surface area (Å²) in [7, 11) is 0. The summed E-state index contributed by atoms with van der Waals surface area (Å²) in [4.78, 5) is 21.1. The summed E-state index contributed by atoms with van der Waals surface area (Å²) in [5.41, 5.74) is 6.50. The van der Waals surface area contributed by atoms with Crippen molar-refractivity contribution >= 4 is 12.2 Å². The zero-order valence-corrected chi connectivity index (χ0v) is 12.5. The Morgan fingerprint density at radius 2 is 1.29 bits per heavy atom. The molecule has 0 fully saturated rings. The van der Waals surface area contributed by atoms with E-state index in [1.807, 2.05) is 0 Å². The summed E-state index contributed by atoms with van der Waals surface area (Å²) in [6.45, 7) is -0.127. The normalized spacial score (nSPS) is 12.8. The van der Waals surface area contributed by atoms with E-state index < -0.39 is 49.4 Å². The lowest BCUT2D eigenvalue weighted by molar-refractivity contribution is -0.217. The number of rotatable bonds is 9. The van der Waals surface area contributed by atoms with Gasteiger partial charge in [0.25, 0.3) is 0 Å². The van der Waals surface area contributed by atoms with Gasteiger partial charge in [-0.15, -0.1) is 0 Å². The molecule has 24 heavy (non-hydrogen) atoms. The van der Waals surface area contributed by atoms with Gasteiger partial charge >= 0.3 is 24.5 Å². The standard InChI is InChI=1S/C12H18F6N2O4/c13-11(14,15)6-10(24-9(20)22,7-12(16,17)18)4-2-1-3-5-23-8(19)21/h1-7H2,(H2,19,21)(H2,20,22). The van der Waals surface area contributed by atoms with Crippen LogP contribution in [-0.2, 0) is 9.47 Å². The number of alkyl halides is 6. The maximum atomic E-state index is 12.6. The first-order valence-corrected chi connectivity index (χ1v) is 6.79. The predicted molar refractivity (Wildman–Crippen MR) is 68.7 cm³/mol. The van der Waals surface area contributed by atoms with Crippen LogP contribution in [0, 0.1) is 0 Å². The maximum Gasteiger partial charge on any atom is 0.405 e. The molecule has 0 bridgehead atoms. The number of ether oxygens (including phenoxy) is 2. The quantitative estimate of drug-likeness (QED) is 0.481. The molecule has 0 rings (SSSR count). The molecule has 0 aromatic carbocycles. The predicted octanol–water partition coefficient (Wildman–Crippen LogP) is 3.38. The van der Waals surface area contributed by atoms with Crippen molar-refractivity contribution in [3.8, 4) is 0 Å². The van der Waals surface area contributed by atoms with Gasteiger partial charge in [0.2, 0.25) is 0 Å². The smallest absolute Gasteiger partial charge is 0.405 e. The third-order valence-corrected chi connectivity index (χ3v) is 2.88. The van der Waals surface area contributed by atoms with Crippen molar-refractivity contribution in [3.05, 3.63) is 0 Å². The third-order valence-electron chi connectivity index (χ3n) is 2.88. The number of halogens is 6. The first-order chi connectivity index (χ1) is 10.7. The van der Waals surface area contributed by atoms with E-state index in [9.17, 15) is 35.9 Å². The van der Waals surface area contributed by atoms with Crippen molar-refractivity contribution in [3.63, 3.8) is 0 Å². The molecule has 142 valence electrons. The van der Waals surface area contributed by atoms with E-state index in [0.717, 1.165) is 0 Å². The average molecular weight is 368 g/mol. The number of carbonyl (C=O) groups is 2. The van der Waals surface area contributed by atoms with Crippen LogP contribution >= 0.6 is 0 Å². The largest absolute Gasteiger partial charge is 0.450 e. The van der Waals surface area contributed by atoms with E-state index in [1.54, 1.807) is 0 Å². The fourth-order valence-electron chi connectivity index (χ4n) is 2.21. The molecule has 12 heteroatoms. The van der Waals surface area contributed by atoms with Crippen LogP contribution in [-0.4, -0.2) is 36.7 Å². The van der Waals surface area contributed by atoms with Crippen molar-refractivity contribution in [2.24, 2.45) is 11.5 Å². The molecule has 0 radical (unpaired) electrons. The minimum atomic E-state index is -4.99. The Kier molecular flexibility index (Phi) is 8.14. The van der Waals surface area contributed by atoms with E-state index >= 15 is 0 Å². The second-order valence-corrected chi connectivity index (χ2v) is 5.17. The Morgan fingerprint density at radius 3 is 1.67 bits per heavy atom. The lowest BCUT2D eigenvalue weighted by Gasteiger charge is -2.34. The highest BCUT2D eigenvalue weighted by molar-refractivity contribution is 5.65. The van der Waals surface area contributed by atoms with Crippen LogP contribution in [0.4, 0.5) is 35.9 Å². The van der Waals surface area contributed by atoms with Crippen molar-refractivity contribution in [1.82, 2.24) is 0 Å². The van der Waals surface area contributed by atoms with Gasteiger partial charge in [0.1, 0.15) is 5.60 Å². The average Bonchev–Trinajstić information content (AvgIpc) is 2.27. The number of hydrogen-bond acceptors (Lipinski definition) is 4. The number of hydrogen-bond donors (Lipinski definition) is 2. The molecule has 0 spiro atoms. The Balaban J connectivity index is 4.92. The molecule has 0 saturated heterocycles. The molecule has 0 heterocycles. The highest BCUT2D eigenvalue weighted by atomic mass is 19.4. The SMILES string of the molecule is NC(=O)OCCCCCC(CC(F)(F)F)(CC(F)(F)F)OC(N)=O. The first kappa shape index (κ1) is 22.1. The Hall–Kier alpha value is -1.88. The summed E-state index contributed by atoms with van der Waals surface area (Å²) in [5.74, 6) is 0. The Labute approximate surface area is 133 Å². The summed E-state index contributed by atoms with van der Waals surface area (Å²) in [5, 5.41) is 0. The van der Waals surface area contributed by atoms with Crippen LogP contribution in [0.5, 0.6) is 0 Å². The highest BCUT2D eigenvalue weighted by Crippen LogP contribution is 2.41. The van der Waals surface area contributed by atoms with E-state index in [0.29, 0.717) is 0 Å². The fourth-order valence-corrected chi connectivity index (χ4v) is 2.21. The Bertz CT molecular complexity index is 409. The maximum absolute atomic E-state index is 12.6. The molecule has 0 aliphatic heterocycles. The number of nitrogens with two attached hydrogens (primary N) is 2. The van der Waals surface area contributed by atoms with Gasteiger partial charge in [0.05, 0.1) is 19.4 Å². The summed E-state index contributed by atoms with van der Waals surface area (Å²) in [6.07, 6.45) is -17.2. The van der Waals surface area contributed by atoms with E-state index in [4.69, 9.17) is 0 Å². The molecule has 0 aromatic rings. The lowest BCUT2D eigenvalue weighted by atomic mass is 9.88. The third kappa shape index (κ3) is 11.7. The van der Waals surface area contributed by atoms with Gasteiger partial charge in [-0.25, -0.2) is 9.59 Å². The second-order valence-electron chi connectivity index (χ2n) is 5.17. The minimum absolute atomic E-state index is 0.127. The Morgan fingerprint density at radius 1 is 0.792 bits per heavy atom. The molecule has 0 aromatic heterocycles. The molecular weight excluding hydrogens is 350 g/mol. The molecule has 0 unspecified atom stereocenters. The molecule has 2 amide bonds. The van der Waals surface area contributed by atoms with E-state index in [-0.39, 0.29) is 25.9 Å². The van der Waals surface area contributed by atoms with Crippen LogP contribution in [0.25, 0.3) is 0 Å². The van der Waals surface area contributed by atoms with Crippen LogP contribution in [0.3, 0.4) is 0 Å². The molecule has 6 nitrogen and oxygen atoms in total. The molecule has 0 atom stereocenters. The first-order valence-electron chi connectivity index (χ1n) is 6.79. The monoisotopic (exact) mass is 368 g/mol. The van der Waals surface area contributed by atoms with Gasteiger partial charge in [-0.3, -0.25) is 0 Å². The van der Waals surface area contributed by atoms with Crippen molar-refractivity contribution < 1.29 is 45.4 Å². The van der Waals surface area contributed by atoms with E-state index in [2.05, 4.69) is 20.9 Å². The van der Waals surface area contributed by atoms with Crippen molar-refractivity contribution in [2.45, 2.75) is 56.5 Å².